The van der Waals surface area contributed by atoms with Crippen LogP contribution in [0.15, 0.2) is 91.5 Å². The molecule has 3 aromatic carbocycles. The van der Waals surface area contributed by atoms with Crippen molar-refractivity contribution in [2.75, 3.05) is 5.32 Å². The lowest BCUT2D eigenvalue weighted by molar-refractivity contribution is 1.43. The molecule has 0 radical (unpaired) electrons. The minimum absolute atomic E-state index is 1.13. The van der Waals surface area contributed by atoms with Gasteiger partial charge in [0.2, 0.25) is 0 Å². The third-order valence-corrected chi connectivity index (χ3v) is 3.33. The molecule has 0 amide bonds. The Balaban J connectivity index is 0.000000470. The smallest absolute Gasteiger partial charge is 0.0384 e. The molecule has 0 spiro atoms. The summed E-state index contributed by atoms with van der Waals surface area (Å²) < 4.78 is 0. The molecular weight excluding hydrogens is 326 g/mol. The molecule has 0 unspecified atom stereocenters. The van der Waals surface area contributed by atoms with Crippen LogP contribution in [0.5, 0.6) is 0 Å². The minimum atomic E-state index is 1.13. The molecular formula is C26H35N. The van der Waals surface area contributed by atoms with E-state index in [0.717, 1.165) is 11.4 Å². The molecule has 0 aliphatic heterocycles. The Bertz CT molecular complexity index is 667. The van der Waals surface area contributed by atoms with Gasteiger partial charge in [-0.1, -0.05) is 91.2 Å². The van der Waals surface area contributed by atoms with Gasteiger partial charge in [-0.2, -0.15) is 0 Å². The fourth-order valence-electron chi connectivity index (χ4n) is 1.97. The van der Waals surface area contributed by atoms with E-state index in [-0.39, 0.29) is 0 Å². The normalized spacial score (nSPS) is 8.52. The first kappa shape index (κ1) is 24.2. The zero-order valence-electron chi connectivity index (χ0n) is 17.8. The molecule has 27 heavy (non-hydrogen) atoms. The van der Waals surface area contributed by atoms with Gasteiger partial charge in [0.05, 0.1) is 0 Å². The fourth-order valence-corrected chi connectivity index (χ4v) is 1.97. The molecule has 0 bridgehead atoms. The van der Waals surface area contributed by atoms with Crippen LogP contribution < -0.4 is 5.32 Å². The maximum atomic E-state index is 3.36. The van der Waals surface area contributed by atoms with Gasteiger partial charge in [-0.3, -0.25) is 0 Å². The number of hydrogen-bond donors (Lipinski definition) is 1. The summed E-state index contributed by atoms with van der Waals surface area (Å²) >= 11 is 0. The van der Waals surface area contributed by atoms with Crippen molar-refractivity contribution < 1.29 is 0 Å². The van der Waals surface area contributed by atoms with E-state index in [9.17, 15) is 0 Å². The topological polar surface area (TPSA) is 12.0 Å². The Morgan fingerprint density at radius 1 is 0.593 bits per heavy atom. The monoisotopic (exact) mass is 361 g/mol. The number of hydrogen-bond acceptors (Lipinski definition) is 1. The number of allylic oxidation sites excluding steroid dienone is 1. The zero-order valence-corrected chi connectivity index (χ0v) is 17.8. The highest BCUT2D eigenvalue weighted by Gasteiger charge is 1.93. The number of benzene rings is 3. The lowest BCUT2D eigenvalue weighted by atomic mass is 10.2. The first-order chi connectivity index (χ1) is 13.0. The summed E-state index contributed by atoms with van der Waals surface area (Å²) in [7, 11) is 0. The van der Waals surface area contributed by atoms with Gasteiger partial charge in [0, 0.05) is 11.4 Å². The van der Waals surface area contributed by atoms with Crippen LogP contribution in [-0.4, -0.2) is 0 Å². The van der Waals surface area contributed by atoms with Gasteiger partial charge in [-0.05, 0) is 52.0 Å². The van der Waals surface area contributed by atoms with E-state index < -0.39 is 0 Å². The quantitative estimate of drug-likeness (QED) is 0.453. The highest BCUT2D eigenvalue weighted by Crippen LogP contribution is 2.17. The summed E-state index contributed by atoms with van der Waals surface area (Å²) in [5.74, 6) is 0. The molecule has 0 heterocycles. The van der Waals surface area contributed by atoms with Crippen LogP contribution in [-0.2, 0) is 0 Å². The first-order valence-corrected chi connectivity index (χ1v) is 9.54. The predicted molar refractivity (Wildman–Crippen MR) is 124 cm³/mol. The number of anilines is 2. The molecule has 1 heteroatoms. The molecule has 0 saturated heterocycles. The lowest BCUT2D eigenvalue weighted by Crippen LogP contribution is -1.89. The lowest BCUT2D eigenvalue weighted by Gasteiger charge is -2.06. The highest BCUT2D eigenvalue weighted by molar-refractivity contribution is 5.59. The number of rotatable bonds is 2. The third-order valence-electron chi connectivity index (χ3n) is 3.33. The van der Waals surface area contributed by atoms with E-state index in [1.807, 2.05) is 39.0 Å². The van der Waals surface area contributed by atoms with Crippen molar-refractivity contribution in [3.63, 3.8) is 0 Å². The van der Waals surface area contributed by atoms with E-state index in [2.05, 4.69) is 93.3 Å². The maximum Gasteiger partial charge on any atom is 0.0384 e. The van der Waals surface area contributed by atoms with Crippen LogP contribution in [0, 0.1) is 20.8 Å². The van der Waals surface area contributed by atoms with Crippen LogP contribution in [0.2, 0.25) is 0 Å². The van der Waals surface area contributed by atoms with Gasteiger partial charge >= 0.3 is 0 Å². The molecule has 0 aliphatic rings. The first-order valence-electron chi connectivity index (χ1n) is 9.54. The van der Waals surface area contributed by atoms with Crippen LogP contribution in [0.3, 0.4) is 0 Å². The molecule has 3 rings (SSSR count). The summed E-state index contributed by atoms with van der Waals surface area (Å²) in [6.45, 7) is 15.5. The van der Waals surface area contributed by atoms with Gasteiger partial charge in [0.1, 0.15) is 0 Å². The second-order valence-electron chi connectivity index (χ2n) is 5.92. The van der Waals surface area contributed by atoms with Crippen LogP contribution in [0.4, 0.5) is 11.4 Å². The fraction of sp³-hybridized carbons (Fsp3) is 0.231. The molecule has 0 aromatic heterocycles. The molecule has 1 N–H and O–H groups in total. The van der Waals surface area contributed by atoms with Gasteiger partial charge in [0.15, 0.2) is 0 Å². The van der Waals surface area contributed by atoms with Gasteiger partial charge in [-0.25, -0.2) is 0 Å². The molecule has 144 valence electrons. The maximum absolute atomic E-state index is 3.36. The largest absolute Gasteiger partial charge is 0.356 e. The van der Waals surface area contributed by atoms with Crippen molar-refractivity contribution in [3.05, 3.63) is 108 Å². The van der Waals surface area contributed by atoms with Crippen molar-refractivity contribution in [1.29, 1.82) is 0 Å². The molecule has 0 atom stereocenters. The molecule has 0 fully saturated rings. The molecule has 0 aliphatic carbocycles. The van der Waals surface area contributed by atoms with Crippen molar-refractivity contribution in [2.24, 2.45) is 0 Å². The number of aryl methyl sites for hydroxylation is 3. The Morgan fingerprint density at radius 3 is 1.15 bits per heavy atom. The Morgan fingerprint density at radius 2 is 0.889 bits per heavy atom. The van der Waals surface area contributed by atoms with E-state index >= 15 is 0 Å². The average molecular weight is 362 g/mol. The third kappa shape index (κ3) is 12.2. The summed E-state index contributed by atoms with van der Waals surface area (Å²) in [6.07, 6.45) is 1.75. The summed E-state index contributed by atoms with van der Waals surface area (Å²) in [5, 5.41) is 3.36. The summed E-state index contributed by atoms with van der Waals surface area (Å²) in [5.41, 5.74) is 6.14. The molecule has 3 aromatic rings. The Kier molecular flexibility index (Phi) is 13.9. The van der Waals surface area contributed by atoms with Crippen molar-refractivity contribution in [1.82, 2.24) is 0 Å². The minimum Gasteiger partial charge on any atom is -0.356 e. The number of nitrogens with one attached hydrogen (secondary N) is 1. The van der Waals surface area contributed by atoms with Crippen LogP contribution in [0.1, 0.15) is 37.5 Å². The average Bonchev–Trinajstić information content (AvgIpc) is 2.69. The van der Waals surface area contributed by atoms with E-state index in [1.165, 1.54) is 16.7 Å². The van der Waals surface area contributed by atoms with E-state index in [0.29, 0.717) is 0 Å². The van der Waals surface area contributed by atoms with E-state index in [4.69, 9.17) is 0 Å². The summed E-state index contributed by atoms with van der Waals surface area (Å²) in [4.78, 5) is 0. The highest BCUT2D eigenvalue weighted by atomic mass is 14.9. The Labute approximate surface area is 166 Å². The summed E-state index contributed by atoms with van der Waals surface area (Å²) in [6, 6.07) is 27.1. The Hall–Kier alpha value is -2.80. The SMILES string of the molecule is C=CC.CC.Cc1ccc(Nc2ccc(C)cc2)cc1.Cc1ccccc1. The predicted octanol–water partition coefficient (Wildman–Crippen LogP) is 8.26. The van der Waals surface area contributed by atoms with Gasteiger partial charge in [-0.15, -0.1) is 6.58 Å². The van der Waals surface area contributed by atoms with Crippen molar-refractivity contribution in [3.8, 4) is 0 Å². The zero-order chi connectivity index (χ0) is 20.5. The molecule has 1 nitrogen and oxygen atoms in total. The van der Waals surface area contributed by atoms with E-state index in [1.54, 1.807) is 6.08 Å². The standard InChI is InChI=1S/C14H15N.C7H8.C3H6.C2H6/c1-11-3-7-13(8-4-11)15-14-9-5-12(2)6-10-14;1-7-5-3-2-4-6-7;1-3-2;1-2/h3-10,15H,1-2H3;2-6H,1H3;3H,1H2,2H3;1-2H3. The molecule has 0 saturated carbocycles. The van der Waals surface area contributed by atoms with Crippen molar-refractivity contribution in [2.45, 2.75) is 41.5 Å². The second kappa shape index (κ2) is 15.5. The van der Waals surface area contributed by atoms with Gasteiger partial charge < -0.3 is 5.32 Å². The van der Waals surface area contributed by atoms with Gasteiger partial charge in [0.25, 0.3) is 0 Å². The van der Waals surface area contributed by atoms with Crippen molar-refractivity contribution >= 4 is 11.4 Å². The van der Waals surface area contributed by atoms with Crippen LogP contribution in [0.25, 0.3) is 0 Å². The second-order valence-corrected chi connectivity index (χ2v) is 5.92. The van der Waals surface area contributed by atoms with Crippen LogP contribution >= 0.6 is 0 Å².